The summed E-state index contributed by atoms with van der Waals surface area (Å²) in [6.07, 6.45) is 1.48. The van der Waals surface area contributed by atoms with Crippen molar-refractivity contribution in [2.45, 2.75) is 71.3 Å². The van der Waals surface area contributed by atoms with E-state index in [1.165, 1.54) is 0 Å². The van der Waals surface area contributed by atoms with Crippen molar-refractivity contribution < 1.29 is 23.8 Å². The first-order valence-corrected chi connectivity index (χ1v) is 14.2. The van der Waals surface area contributed by atoms with Gasteiger partial charge in [-0.2, -0.15) is 0 Å². The molecule has 0 radical (unpaired) electrons. The number of benzene rings is 1. The molecule has 170 valence electrons. The average molecular weight is 446 g/mol. The number of ketones is 1. The quantitative estimate of drug-likeness (QED) is 0.366. The van der Waals surface area contributed by atoms with Gasteiger partial charge < -0.3 is 19.1 Å². The van der Waals surface area contributed by atoms with Crippen molar-refractivity contribution >= 4 is 20.0 Å². The van der Waals surface area contributed by atoms with E-state index in [0.717, 1.165) is 12.8 Å². The summed E-state index contributed by atoms with van der Waals surface area (Å²) >= 11 is 0. The second kappa shape index (κ2) is 9.78. The number of hydrogen-bond donors (Lipinski definition) is 0. The summed E-state index contributed by atoms with van der Waals surface area (Å²) < 4.78 is 16.3. The number of carbonyl (C=O) groups excluding carboxylic acids is 2. The third-order valence-corrected chi connectivity index (χ3v) is 5.70. The molecule has 0 saturated carbocycles. The fourth-order valence-corrected chi connectivity index (χ4v) is 3.91. The van der Waals surface area contributed by atoms with E-state index in [1.54, 1.807) is 31.3 Å². The number of rotatable bonds is 5. The van der Waals surface area contributed by atoms with E-state index in [-0.39, 0.29) is 24.3 Å². The molecule has 1 aliphatic heterocycles. The van der Waals surface area contributed by atoms with Gasteiger partial charge in [0.15, 0.2) is 17.3 Å². The fraction of sp³-hybridized carbons (Fsp3) is 0.583. The van der Waals surface area contributed by atoms with Gasteiger partial charge in [-0.25, -0.2) is 4.79 Å². The van der Waals surface area contributed by atoms with Gasteiger partial charge in [0.25, 0.3) is 0 Å². The first-order chi connectivity index (χ1) is 14.3. The predicted molar refractivity (Wildman–Crippen MR) is 125 cm³/mol. The Morgan fingerprint density at radius 1 is 1.13 bits per heavy atom. The van der Waals surface area contributed by atoms with Gasteiger partial charge in [0, 0.05) is 36.2 Å². The molecular formula is C24H35NO5Si. The summed E-state index contributed by atoms with van der Waals surface area (Å²) in [5, 5.41) is 0. The van der Waals surface area contributed by atoms with Crippen LogP contribution < -0.4 is 9.47 Å². The highest BCUT2D eigenvalue weighted by Gasteiger charge is 2.34. The molecule has 1 aromatic rings. The maximum atomic E-state index is 13.3. The number of amides is 1. The third kappa shape index (κ3) is 7.03. The number of carbonyl (C=O) groups is 2. The van der Waals surface area contributed by atoms with Crippen LogP contribution in [0.25, 0.3) is 0 Å². The van der Waals surface area contributed by atoms with Crippen LogP contribution in [0.5, 0.6) is 11.5 Å². The SMILES string of the molecule is COc1cc(C#C[Si](C)(C)C)c(C(=O)CC2CCCN2C(=O)OC(C)(C)C)cc1OC. The van der Waals surface area contributed by atoms with Crippen molar-refractivity contribution in [3.8, 4) is 23.0 Å². The van der Waals surface area contributed by atoms with Crippen molar-refractivity contribution in [2.24, 2.45) is 0 Å². The molecule has 1 saturated heterocycles. The highest BCUT2D eigenvalue weighted by Crippen LogP contribution is 2.32. The van der Waals surface area contributed by atoms with Gasteiger partial charge in [-0.05, 0) is 39.7 Å². The number of likely N-dealkylation sites (tertiary alicyclic amines) is 1. The van der Waals surface area contributed by atoms with Gasteiger partial charge in [0.1, 0.15) is 13.7 Å². The molecular weight excluding hydrogens is 410 g/mol. The van der Waals surface area contributed by atoms with E-state index in [2.05, 4.69) is 31.1 Å². The molecule has 0 bridgehead atoms. The number of methoxy groups -OCH3 is 2. The van der Waals surface area contributed by atoms with Crippen molar-refractivity contribution in [1.82, 2.24) is 4.90 Å². The molecule has 31 heavy (non-hydrogen) atoms. The van der Waals surface area contributed by atoms with E-state index >= 15 is 0 Å². The maximum Gasteiger partial charge on any atom is 0.410 e. The molecule has 6 nitrogen and oxygen atoms in total. The molecule has 1 heterocycles. The summed E-state index contributed by atoms with van der Waals surface area (Å²) in [5.41, 5.74) is 3.88. The van der Waals surface area contributed by atoms with Crippen LogP contribution in [-0.4, -0.2) is 57.3 Å². The summed E-state index contributed by atoms with van der Waals surface area (Å²) in [6.45, 7) is 12.6. The predicted octanol–water partition coefficient (Wildman–Crippen LogP) is 4.91. The molecule has 2 rings (SSSR count). The molecule has 1 aromatic carbocycles. The van der Waals surface area contributed by atoms with Crippen LogP contribution in [0.15, 0.2) is 12.1 Å². The Labute approximate surface area is 187 Å². The standard InChI is InChI=1S/C24H35NO5Si/c1-24(2,3)30-23(27)25-12-9-10-18(25)15-20(26)19-16-22(29-5)21(28-4)14-17(19)11-13-31(6,7)8/h14,16,18H,9-10,12,15H2,1-8H3. The monoisotopic (exact) mass is 445 g/mol. The van der Waals surface area contributed by atoms with E-state index in [1.807, 2.05) is 20.8 Å². The van der Waals surface area contributed by atoms with Crippen LogP contribution in [0.3, 0.4) is 0 Å². The Balaban J connectivity index is 2.34. The molecule has 1 amide bonds. The normalized spacial score (nSPS) is 16.4. The van der Waals surface area contributed by atoms with Crippen molar-refractivity contribution in [3.05, 3.63) is 23.3 Å². The maximum absolute atomic E-state index is 13.3. The van der Waals surface area contributed by atoms with Crippen molar-refractivity contribution in [1.29, 1.82) is 0 Å². The van der Waals surface area contributed by atoms with Crippen molar-refractivity contribution in [2.75, 3.05) is 20.8 Å². The number of ether oxygens (including phenoxy) is 3. The Kier molecular flexibility index (Phi) is 7.82. The molecule has 0 spiro atoms. The van der Waals surface area contributed by atoms with Crippen LogP contribution in [0.4, 0.5) is 4.79 Å². The average Bonchev–Trinajstić information content (AvgIpc) is 3.11. The summed E-state index contributed by atoms with van der Waals surface area (Å²) in [4.78, 5) is 27.6. The lowest BCUT2D eigenvalue weighted by Gasteiger charge is -2.28. The fourth-order valence-electron chi connectivity index (χ4n) is 3.40. The smallest absolute Gasteiger partial charge is 0.410 e. The number of Topliss-reactive ketones (excluding diaryl/α,β-unsaturated/α-hetero) is 1. The molecule has 0 aromatic heterocycles. The third-order valence-electron chi connectivity index (χ3n) is 4.82. The molecule has 1 aliphatic rings. The second-order valence-corrected chi connectivity index (χ2v) is 14.6. The summed E-state index contributed by atoms with van der Waals surface area (Å²) in [6, 6.07) is 3.27. The Hall–Kier alpha value is -2.46. The summed E-state index contributed by atoms with van der Waals surface area (Å²) in [5.74, 6) is 4.16. The molecule has 1 atom stereocenters. The topological polar surface area (TPSA) is 65.1 Å². The van der Waals surface area contributed by atoms with Crippen LogP contribution in [0, 0.1) is 11.5 Å². The highest BCUT2D eigenvalue weighted by atomic mass is 28.3. The highest BCUT2D eigenvalue weighted by molar-refractivity contribution is 6.83. The largest absolute Gasteiger partial charge is 0.493 e. The van der Waals surface area contributed by atoms with Crippen LogP contribution in [-0.2, 0) is 4.74 Å². The van der Waals surface area contributed by atoms with Crippen LogP contribution in [0.2, 0.25) is 19.6 Å². The lowest BCUT2D eigenvalue weighted by Crippen LogP contribution is -2.40. The van der Waals surface area contributed by atoms with Crippen molar-refractivity contribution in [3.63, 3.8) is 0 Å². The van der Waals surface area contributed by atoms with E-state index < -0.39 is 13.7 Å². The number of nitrogens with zero attached hydrogens (tertiary/aromatic N) is 1. The number of hydrogen-bond acceptors (Lipinski definition) is 5. The zero-order chi connectivity index (χ0) is 23.4. The minimum absolute atomic E-state index is 0.0683. The Morgan fingerprint density at radius 2 is 1.74 bits per heavy atom. The van der Waals surface area contributed by atoms with Gasteiger partial charge in [-0.3, -0.25) is 4.79 Å². The molecule has 0 aliphatic carbocycles. The molecule has 1 fully saturated rings. The van der Waals surface area contributed by atoms with Gasteiger partial charge in [0.2, 0.25) is 0 Å². The van der Waals surface area contributed by atoms with E-state index in [4.69, 9.17) is 14.2 Å². The lowest BCUT2D eigenvalue weighted by molar-refractivity contribution is 0.0223. The van der Waals surface area contributed by atoms with Crippen LogP contribution >= 0.6 is 0 Å². The first-order valence-electron chi connectivity index (χ1n) is 10.7. The van der Waals surface area contributed by atoms with Gasteiger partial charge in [-0.15, -0.1) is 5.54 Å². The minimum atomic E-state index is -1.65. The van der Waals surface area contributed by atoms with Gasteiger partial charge in [-0.1, -0.05) is 25.6 Å². The molecule has 7 heteroatoms. The van der Waals surface area contributed by atoms with E-state index in [9.17, 15) is 9.59 Å². The zero-order valence-electron chi connectivity index (χ0n) is 20.0. The van der Waals surface area contributed by atoms with Gasteiger partial charge >= 0.3 is 6.09 Å². The summed E-state index contributed by atoms with van der Waals surface area (Å²) in [7, 11) is 1.46. The second-order valence-electron chi connectivity index (χ2n) is 9.85. The zero-order valence-corrected chi connectivity index (χ0v) is 21.0. The van der Waals surface area contributed by atoms with E-state index in [0.29, 0.717) is 29.2 Å². The van der Waals surface area contributed by atoms with Gasteiger partial charge in [0.05, 0.1) is 14.2 Å². The minimum Gasteiger partial charge on any atom is -0.493 e. The molecule has 1 unspecified atom stereocenters. The molecule has 0 N–H and O–H groups in total. The Morgan fingerprint density at radius 3 is 2.29 bits per heavy atom. The van der Waals surface area contributed by atoms with Crippen LogP contribution in [0.1, 0.15) is 56.0 Å². The Bertz CT molecular complexity index is 886. The first kappa shape index (κ1) is 24.8. The lowest BCUT2D eigenvalue weighted by atomic mass is 9.97.